The van der Waals surface area contributed by atoms with Crippen molar-refractivity contribution in [3.8, 4) is 5.75 Å². The van der Waals surface area contributed by atoms with Crippen molar-refractivity contribution < 1.29 is 17.9 Å². The Morgan fingerprint density at radius 1 is 1.03 bits per heavy atom. The molecule has 0 aliphatic carbocycles. The molecule has 0 aliphatic rings. The first-order valence-corrected chi connectivity index (χ1v) is 11.0. The molecule has 0 aliphatic heterocycles. The molecule has 2 rings (SSSR count). The second-order valence-electron chi connectivity index (χ2n) is 8.28. The third kappa shape index (κ3) is 6.87. The van der Waals surface area contributed by atoms with Gasteiger partial charge >= 0.3 is 0 Å². The van der Waals surface area contributed by atoms with Crippen LogP contribution in [0.25, 0.3) is 0 Å². The fourth-order valence-corrected chi connectivity index (χ4v) is 4.30. The molecule has 0 heterocycles. The number of rotatable bonds is 7. The molecule has 0 bridgehead atoms. The van der Waals surface area contributed by atoms with Crippen molar-refractivity contribution in [2.45, 2.75) is 45.1 Å². The lowest BCUT2D eigenvalue weighted by Gasteiger charge is -2.21. The maximum atomic E-state index is 12.6. The second kappa shape index (κ2) is 8.97. The van der Waals surface area contributed by atoms with Gasteiger partial charge in [0.1, 0.15) is 12.4 Å². The largest absolute Gasteiger partial charge is 0.492 e. The molecule has 0 radical (unpaired) electrons. The Hall–Kier alpha value is -2.38. The number of carbonyl (C=O) groups is 1. The molecule has 7 heteroatoms. The van der Waals surface area contributed by atoms with Crippen LogP contribution in [-0.4, -0.2) is 45.0 Å². The van der Waals surface area contributed by atoms with E-state index in [1.807, 2.05) is 26.0 Å². The first kappa shape index (κ1) is 22.9. The van der Waals surface area contributed by atoms with Crippen LogP contribution in [0.1, 0.15) is 42.3 Å². The third-order valence-electron chi connectivity index (χ3n) is 4.09. The molecular weight excluding hydrogens is 388 g/mol. The Kier molecular flexibility index (Phi) is 7.08. The predicted octanol–water partition coefficient (Wildman–Crippen LogP) is 3.53. The van der Waals surface area contributed by atoms with Crippen LogP contribution in [-0.2, 0) is 10.0 Å². The van der Waals surface area contributed by atoms with Crippen LogP contribution >= 0.6 is 0 Å². The molecule has 0 unspecified atom stereocenters. The predicted molar refractivity (Wildman–Crippen MR) is 115 cm³/mol. The number of nitrogens with one attached hydrogen (secondary N) is 1. The van der Waals surface area contributed by atoms with Gasteiger partial charge in [-0.3, -0.25) is 4.79 Å². The zero-order valence-electron chi connectivity index (χ0n) is 17.9. The smallest absolute Gasteiger partial charge is 0.253 e. The van der Waals surface area contributed by atoms with Crippen molar-refractivity contribution in [2.75, 3.05) is 20.2 Å². The number of hydrogen-bond acceptors (Lipinski definition) is 4. The average Bonchev–Trinajstić information content (AvgIpc) is 2.58. The summed E-state index contributed by atoms with van der Waals surface area (Å²) in [6.07, 6.45) is 0. The normalized spacial score (nSPS) is 11.9. The molecular formula is C22H30N2O4S. The molecule has 1 N–H and O–H groups in total. The van der Waals surface area contributed by atoms with Gasteiger partial charge in [0.2, 0.25) is 10.0 Å². The number of sulfonamides is 1. The SMILES string of the molecule is Cc1cc(C)cc(OCCN(C)C(=O)c2ccc(S(=O)(=O)NC(C)(C)C)cc2)c1. The number of nitrogens with zero attached hydrogens (tertiary/aromatic N) is 1. The molecule has 0 saturated carbocycles. The Labute approximate surface area is 173 Å². The summed E-state index contributed by atoms with van der Waals surface area (Å²) >= 11 is 0. The van der Waals surface area contributed by atoms with Gasteiger partial charge in [0.25, 0.3) is 5.91 Å². The summed E-state index contributed by atoms with van der Waals surface area (Å²) in [6, 6.07) is 11.9. The summed E-state index contributed by atoms with van der Waals surface area (Å²) < 4.78 is 33.1. The lowest BCUT2D eigenvalue weighted by molar-refractivity contribution is 0.0773. The number of aryl methyl sites for hydroxylation is 2. The van der Waals surface area contributed by atoms with Crippen LogP contribution in [0.2, 0.25) is 0 Å². The quantitative estimate of drug-likeness (QED) is 0.746. The first-order valence-electron chi connectivity index (χ1n) is 9.48. The van der Waals surface area contributed by atoms with Gasteiger partial charge in [0.15, 0.2) is 0 Å². The molecule has 29 heavy (non-hydrogen) atoms. The Balaban J connectivity index is 1.97. The molecule has 6 nitrogen and oxygen atoms in total. The number of ether oxygens (including phenoxy) is 1. The highest BCUT2D eigenvalue weighted by Crippen LogP contribution is 2.17. The lowest BCUT2D eigenvalue weighted by atomic mass is 10.1. The van der Waals surface area contributed by atoms with Gasteiger partial charge in [0.05, 0.1) is 11.4 Å². The highest BCUT2D eigenvalue weighted by molar-refractivity contribution is 7.89. The fourth-order valence-electron chi connectivity index (χ4n) is 2.88. The molecule has 2 aromatic rings. The number of hydrogen-bond donors (Lipinski definition) is 1. The van der Waals surface area contributed by atoms with Crippen LogP contribution < -0.4 is 9.46 Å². The van der Waals surface area contributed by atoms with Crippen molar-refractivity contribution in [3.05, 3.63) is 59.2 Å². The fraction of sp³-hybridized carbons (Fsp3) is 0.409. The Bertz CT molecular complexity index is 941. The zero-order valence-corrected chi connectivity index (χ0v) is 18.8. The van der Waals surface area contributed by atoms with E-state index in [4.69, 9.17) is 4.74 Å². The van der Waals surface area contributed by atoms with Gasteiger partial charge in [-0.15, -0.1) is 0 Å². The summed E-state index contributed by atoms with van der Waals surface area (Å²) in [5.74, 6) is 0.589. The molecule has 0 atom stereocenters. The Morgan fingerprint density at radius 3 is 2.10 bits per heavy atom. The minimum absolute atomic E-state index is 0.129. The van der Waals surface area contributed by atoms with Crippen LogP contribution in [0.5, 0.6) is 5.75 Å². The number of carbonyl (C=O) groups excluding carboxylic acids is 1. The van der Waals surface area contributed by atoms with Crippen molar-refractivity contribution in [1.29, 1.82) is 0 Å². The maximum absolute atomic E-state index is 12.6. The molecule has 158 valence electrons. The van der Waals surface area contributed by atoms with Gasteiger partial charge in [-0.05, 0) is 82.1 Å². The van der Waals surface area contributed by atoms with E-state index in [0.717, 1.165) is 16.9 Å². The van der Waals surface area contributed by atoms with Crippen molar-refractivity contribution in [3.63, 3.8) is 0 Å². The zero-order chi connectivity index (χ0) is 21.8. The molecule has 0 fully saturated rings. The summed E-state index contributed by atoms with van der Waals surface area (Å²) in [7, 11) is -1.93. The number of benzene rings is 2. The summed E-state index contributed by atoms with van der Waals surface area (Å²) in [4.78, 5) is 14.3. The third-order valence-corrected chi connectivity index (χ3v) is 5.86. The summed E-state index contributed by atoms with van der Waals surface area (Å²) in [6.45, 7) is 10.1. The van der Waals surface area contributed by atoms with Gasteiger partial charge < -0.3 is 9.64 Å². The van der Waals surface area contributed by atoms with Gasteiger partial charge in [-0.1, -0.05) is 6.07 Å². The lowest BCUT2D eigenvalue weighted by Crippen LogP contribution is -2.40. The van der Waals surface area contributed by atoms with Crippen molar-refractivity contribution in [1.82, 2.24) is 9.62 Å². The van der Waals surface area contributed by atoms with E-state index in [1.54, 1.807) is 32.7 Å². The molecule has 0 aromatic heterocycles. The van der Waals surface area contributed by atoms with Gasteiger partial charge in [-0.25, -0.2) is 13.1 Å². The summed E-state index contributed by atoms with van der Waals surface area (Å²) in [5.41, 5.74) is 2.10. The van der Waals surface area contributed by atoms with Crippen LogP contribution in [0.4, 0.5) is 0 Å². The van der Waals surface area contributed by atoms with Gasteiger partial charge in [-0.2, -0.15) is 0 Å². The first-order chi connectivity index (χ1) is 13.4. The number of amides is 1. The summed E-state index contributed by atoms with van der Waals surface area (Å²) in [5, 5.41) is 0. The van der Waals surface area contributed by atoms with E-state index >= 15 is 0 Å². The van der Waals surface area contributed by atoms with Crippen molar-refractivity contribution >= 4 is 15.9 Å². The Morgan fingerprint density at radius 2 is 1.59 bits per heavy atom. The van der Waals surface area contributed by atoms with E-state index < -0.39 is 15.6 Å². The molecule has 1 amide bonds. The molecule has 0 saturated heterocycles. The number of likely N-dealkylation sites (N-methyl/N-ethyl adjacent to an activating group) is 1. The topological polar surface area (TPSA) is 75.7 Å². The molecule has 2 aromatic carbocycles. The van der Waals surface area contributed by atoms with E-state index in [-0.39, 0.29) is 10.8 Å². The highest BCUT2D eigenvalue weighted by Gasteiger charge is 2.22. The van der Waals surface area contributed by atoms with Crippen LogP contribution in [0.15, 0.2) is 47.4 Å². The van der Waals surface area contributed by atoms with E-state index in [2.05, 4.69) is 10.8 Å². The highest BCUT2D eigenvalue weighted by atomic mass is 32.2. The minimum atomic E-state index is -3.63. The van der Waals surface area contributed by atoms with E-state index in [9.17, 15) is 13.2 Å². The van der Waals surface area contributed by atoms with E-state index in [0.29, 0.717) is 18.7 Å². The second-order valence-corrected chi connectivity index (χ2v) is 9.96. The van der Waals surface area contributed by atoms with Gasteiger partial charge in [0, 0.05) is 18.2 Å². The van der Waals surface area contributed by atoms with E-state index in [1.165, 1.54) is 24.3 Å². The van der Waals surface area contributed by atoms with Crippen LogP contribution in [0, 0.1) is 13.8 Å². The monoisotopic (exact) mass is 418 g/mol. The minimum Gasteiger partial charge on any atom is -0.492 e. The standard InChI is InChI=1S/C22H30N2O4S/c1-16-13-17(2)15-19(14-16)28-12-11-24(6)21(25)18-7-9-20(10-8-18)29(26,27)23-22(3,4)5/h7-10,13-15,23H,11-12H2,1-6H3. The maximum Gasteiger partial charge on any atom is 0.253 e. The van der Waals surface area contributed by atoms with Crippen molar-refractivity contribution in [2.24, 2.45) is 0 Å². The average molecular weight is 419 g/mol. The van der Waals surface area contributed by atoms with Crippen LogP contribution in [0.3, 0.4) is 0 Å². The molecule has 0 spiro atoms.